The molecular weight excluding hydrogens is 374 g/mol. The SMILES string of the molecule is C[C@@H](Oc1ccc(-c2ccccc2)cc1)C(=O)Nc1nnc([C@H]2CCCO2)s1. The largest absolute Gasteiger partial charge is 0.481 e. The van der Waals surface area contributed by atoms with Crippen LogP contribution < -0.4 is 10.1 Å². The van der Waals surface area contributed by atoms with Crippen LogP contribution in [0.25, 0.3) is 11.1 Å². The Labute approximate surface area is 167 Å². The number of hydrogen-bond acceptors (Lipinski definition) is 6. The molecule has 1 aliphatic heterocycles. The van der Waals surface area contributed by atoms with Gasteiger partial charge in [0.1, 0.15) is 16.9 Å². The maximum absolute atomic E-state index is 12.4. The number of carbonyl (C=O) groups excluding carboxylic acids is 1. The smallest absolute Gasteiger partial charge is 0.266 e. The van der Waals surface area contributed by atoms with E-state index in [0.717, 1.165) is 35.6 Å². The predicted octanol–water partition coefficient (Wildman–Crippen LogP) is 4.46. The monoisotopic (exact) mass is 395 g/mol. The molecule has 1 amide bonds. The number of carbonyl (C=O) groups is 1. The quantitative estimate of drug-likeness (QED) is 0.667. The Morgan fingerprint density at radius 3 is 2.61 bits per heavy atom. The molecule has 2 heterocycles. The zero-order chi connectivity index (χ0) is 19.3. The van der Waals surface area contributed by atoms with E-state index in [9.17, 15) is 4.79 Å². The second-order valence-electron chi connectivity index (χ2n) is 6.59. The minimum Gasteiger partial charge on any atom is -0.481 e. The molecule has 1 saturated heterocycles. The van der Waals surface area contributed by atoms with E-state index >= 15 is 0 Å². The summed E-state index contributed by atoms with van der Waals surface area (Å²) in [7, 11) is 0. The van der Waals surface area contributed by atoms with Crippen molar-refractivity contribution in [3.8, 4) is 16.9 Å². The lowest BCUT2D eigenvalue weighted by molar-refractivity contribution is -0.122. The Kier molecular flexibility index (Phi) is 5.64. The van der Waals surface area contributed by atoms with Crippen molar-refractivity contribution in [1.29, 1.82) is 0 Å². The second-order valence-corrected chi connectivity index (χ2v) is 7.60. The van der Waals surface area contributed by atoms with E-state index in [-0.39, 0.29) is 12.0 Å². The fourth-order valence-corrected chi connectivity index (χ4v) is 3.84. The number of hydrogen-bond donors (Lipinski definition) is 1. The third kappa shape index (κ3) is 4.37. The molecule has 1 aromatic heterocycles. The Morgan fingerprint density at radius 2 is 1.89 bits per heavy atom. The average molecular weight is 395 g/mol. The maximum atomic E-state index is 12.4. The molecule has 0 bridgehead atoms. The highest BCUT2D eigenvalue weighted by atomic mass is 32.1. The molecule has 1 fully saturated rings. The number of amides is 1. The number of rotatable bonds is 6. The third-order valence-electron chi connectivity index (χ3n) is 4.52. The summed E-state index contributed by atoms with van der Waals surface area (Å²) in [6.45, 7) is 2.46. The first-order valence-electron chi connectivity index (χ1n) is 9.27. The van der Waals surface area contributed by atoms with Crippen LogP contribution in [0.5, 0.6) is 5.75 Å². The summed E-state index contributed by atoms with van der Waals surface area (Å²) < 4.78 is 11.4. The molecule has 0 radical (unpaired) electrons. The number of anilines is 1. The lowest BCUT2D eigenvalue weighted by Gasteiger charge is -2.14. The van der Waals surface area contributed by atoms with E-state index < -0.39 is 6.10 Å². The lowest BCUT2D eigenvalue weighted by Crippen LogP contribution is -2.30. The van der Waals surface area contributed by atoms with Crippen molar-refractivity contribution < 1.29 is 14.3 Å². The molecule has 0 aliphatic carbocycles. The van der Waals surface area contributed by atoms with Crippen LogP contribution in [0.2, 0.25) is 0 Å². The van der Waals surface area contributed by atoms with Gasteiger partial charge < -0.3 is 9.47 Å². The van der Waals surface area contributed by atoms with Crippen LogP contribution in [0, 0.1) is 0 Å². The summed E-state index contributed by atoms with van der Waals surface area (Å²) in [6.07, 6.45) is 1.32. The summed E-state index contributed by atoms with van der Waals surface area (Å²) in [5.74, 6) is 0.377. The van der Waals surface area contributed by atoms with Gasteiger partial charge in [-0.2, -0.15) is 0 Å². The first-order chi connectivity index (χ1) is 13.7. The second kappa shape index (κ2) is 8.50. The minimum absolute atomic E-state index is 0.0000420. The van der Waals surface area contributed by atoms with E-state index in [1.165, 1.54) is 11.3 Å². The zero-order valence-corrected chi connectivity index (χ0v) is 16.3. The van der Waals surface area contributed by atoms with Gasteiger partial charge in [-0.05, 0) is 43.0 Å². The number of aromatic nitrogens is 2. The molecular formula is C21H21N3O3S. The summed E-state index contributed by atoms with van der Waals surface area (Å²) in [5, 5.41) is 12.2. The van der Waals surface area contributed by atoms with Crippen molar-refractivity contribution in [1.82, 2.24) is 10.2 Å². The number of nitrogens with one attached hydrogen (secondary N) is 1. The Balaban J connectivity index is 1.34. The van der Waals surface area contributed by atoms with E-state index in [1.54, 1.807) is 6.92 Å². The first-order valence-corrected chi connectivity index (χ1v) is 10.1. The lowest BCUT2D eigenvalue weighted by atomic mass is 10.1. The molecule has 1 N–H and O–H groups in total. The fourth-order valence-electron chi connectivity index (χ4n) is 3.01. The molecule has 6 nitrogen and oxygen atoms in total. The average Bonchev–Trinajstić information content (AvgIpc) is 3.41. The van der Waals surface area contributed by atoms with Crippen molar-refractivity contribution >= 4 is 22.4 Å². The van der Waals surface area contributed by atoms with Crippen LogP contribution in [0.3, 0.4) is 0 Å². The van der Waals surface area contributed by atoms with Gasteiger partial charge in [-0.25, -0.2) is 0 Å². The molecule has 7 heteroatoms. The maximum Gasteiger partial charge on any atom is 0.266 e. The normalized spacial score (nSPS) is 17.2. The molecule has 2 aromatic carbocycles. The highest BCUT2D eigenvalue weighted by molar-refractivity contribution is 7.15. The molecule has 0 spiro atoms. The van der Waals surface area contributed by atoms with Gasteiger partial charge in [-0.3, -0.25) is 10.1 Å². The molecule has 144 valence electrons. The summed E-state index contributed by atoms with van der Waals surface area (Å²) in [4.78, 5) is 12.4. The van der Waals surface area contributed by atoms with Crippen LogP contribution >= 0.6 is 11.3 Å². The molecule has 1 aliphatic rings. The zero-order valence-electron chi connectivity index (χ0n) is 15.5. The van der Waals surface area contributed by atoms with Gasteiger partial charge in [0.2, 0.25) is 5.13 Å². The van der Waals surface area contributed by atoms with Crippen LogP contribution in [0.15, 0.2) is 54.6 Å². The van der Waals surface area contributed by atoms with E-state index in [0.29, 0.717) is 10.9 Å². The Hall–Kier alpha value is -2.77. The molecule has 0 saturated carbocycles. The minimum atomic E-state index is -0.655. The van der Waals surface area contributed by atoms with Gasteiger partial charge in [0.25, 0.3) is 5.91 Å². The molecule has 28 heavy (non-hydrogen) atoms. The molecule has 2 atom stereocenters. The standard InChI is InChI=1S/C21H21N3O3S/c1-14(19(25)22-21-24-23-20(28-21)18-8-5-13-26-18)27-17-11-9-16(10-12-17)15-6-3-2-4-7-15/h2-4,6-7,9-12,14,18H,5,8,13H2,1H3,(H,22,24,25)/t14-,18-/m1/s1. The van der Waals surface area contributed by atoms with Crippen molar-refractivity contribution in [2.24, 2.45) is 0 Å². The summed E-state index contributed by atoms with van der Waals surface area (Å²) >= 11 is 1.35. The van der Waals surface area contributed by atoms with Gasteiger partial charge in [-0.1, -0.05) is 53.8 Å². The van der Waals surface area contributed by atoms with Gasteiger partial charge >= 0.3 is 0 Å². The molecule has 3 aromatic rings. The highest BCUT2D eigenvalue weighted by Crippen LogP contribution is 2.32. The van der Waals surface area contributed by atoms with Crippen molar-refractivity contribution in [2.75, 3.05) is 11.9 Å². The van der Waals surface area contributed by atoms with E-state index in [1.807, 2.05) is 42.5 Å². The van der Waals surface area contributed by atoms with Crippen molar-refractivity contribution in [2.45, 2.75) is 32.0 Å². The van der Waals surface area contributed by atoms with Crippen LogP contribution in [0.1, 0.15) is 30.9 Å². The topological polar surface area (TPSA) is 73.3 Å². The highest BCUT2D eigenvalue weighted by Gasteiger charge is 2.23. The van der Waals surface area contributed by atoms with Crippen LogP contribution in [0.4, 0.5) is 5.13 Å². The number of ether oxygens (including phenoxy) is 2. The predicted molar refractivity (Wildman–Crippen MR) is 108 cm³/mol. The molecule has 4 rings (SSSR count). The Bertz CT molecular complexity index is 922. The number of benzene rings is 2. The fraction of sp³-hybridized carbons (Fsp3) is 0.286. The Morgan fingerprint density at radius 1 is 1.14 bits per heavy atom. The first kappa shape index (κ1) is 18.6. The number of nitrogens with zero attached hydrogens (tertiary/aromatic N) is 2. The van der Waals surface area contributed by atoms with Crippen molar-refractivity contribution in [3.05, 3.63) is 59.6 Å². The van der Waals surface area contributed by atoms with Gasteiger partial charge in [0.15, 0.2) is 6.10 Å². The third-order valence-corrected chi connectivity index (χ3v) is 5.45. The summed E-state index contributed by atoms with van der Waals surface area (Å²) in [6, 6.07) is 17.8. The summed E-state index contributed by atoms with van der Waals surface area (Å²) in [5.41, 5.74) is 2.23. The van der Waals surface area contributed by atoms with Gasteiger partial charge in [0, 0.05) is 6.61 Å². The van der Waals surface area contributed by atoms with Crippen LogP contribution in [-0.4, -0.2) is 28.8 Å². The van der Waals surface area contributed by atoms with E-state index in [4.69, 9.17) is 9.47 Å². The van der Waals surface area contributed by atoms with Gasteiger partial charge in [-0.15, -0.1) is 10.2 Å². The van der Waals surface area contributed by atoms with Crippen LogP contribution in [-0.2, 0) is 9.53 Å². The van der Waals surface area contributed by atoms with Crippen molar-refractivity contribution in [3.63, 3.8) is 0 Å². The van der Waals surface area contributed by atoms with E-state index in [2.05, 4.69) is 27.6 Å². The van der Waals surface area contributed by atoms with Gasteiger partial charge in [0.05, 0.1) is 0 Å². The molecule has 0 unspecified atom stereocenters.